The Morgan fingerprint density at radius 3 is 2.16 bits per heavy atom. The van der Waals surface area contributed by atoms with E-state index in [1.807, 2.05) is 0 Å². The van der Waals surface area contributed by atoms with Crippen LogP contribution in [0.15, 0.2) is 0 Å². The van der Waals surface area contributed by atoms with Crippen LogP contribution in [0.2, 0.25) is 0 Å². The van der Waals surface area contributed by atoms with Gasteiger partial charge < -0.3 is 4.74 Å². The van der Waals surface area contributed by atoms with E-state index in [0.29, 0.717) is 18.6 Å². The predicted octanol–water partition coefficient (Wildman–Crippen LogP) is 3.23. The smallest absolute Gasteiger partial charge is 0.319 e. The molecule has 0 heterocycles. The highest BCUT2D eigenvalue weighted by Crippen LogP contribution is 2.35. The summed E-state index contributed by atoms with van der Waals surface area (Å²) in [7, 11) is 1.50. The molecule has 19 heavy (non-hydrogen) atoms. The van der Waals surface area contributed by atoms with E-state index in [9.17, 15) is 4.79 Å². The van der Waals surface area contributed by atoms with Gasteiger partial charge in [-0.05, 0) is 43.9 Å². The highest BCUT2D eigenvalue weighted by atomic mass is 16.5. The fourth-order valence-electron chi connectivity index (χ4n) is 4.18. The first-order valence-corrected chi connectivity index (χ1v) is 7.92. The summed E-state index contributed by atoms with van der Waals surface area (Å²) in [6.45, 7) is 5.20. The van der Waals surface area contributed by atoms with Crippen LogP contribution in [-0.2, 0) is 9.53 Å². The lowest BCUT2D eigenvalue weighted by Gasteiger charge is -2.41. The first-order chi connectivity index (χ1) is 9.10. The Kier molecular flexibility index (Phi) is 5.26. The van der Waals surface area contributed by atoms with Crippen molar-refractivity contribution < 1.29 is 9.53 Å². The summed E-state index contributed by atoms with van der Waals surface area (Å²) in [6.07, 6.45) is 9.00. The van der Waals surface area contributed by atoms with Gasteiger partial charge >= 0.3 is 5.97 Å². The number of carbonyl (C=O) groups excluding carboxylic acids is 1. The summed E-state index contributed by atoms with van der Waals surface area (Å²) >= 11 is 0. The van der Waals surface area contributed by atoms with Gasteiger partial charge in [0, 0.05) is 12.1 Å². The number of carbonyl (C=O) groups is 1. The maximum atomic E-state index is 11.7. The van der Waals surface area contributed by atoms with Crippen LogP contribution in [0.25, 0.3) is 0 Å². The highest BCUT2D eigenvalue weighted by molar-refractivity contribution is 5.71. The molecule has 0 N–H and O–H groups in total. The van der Waals surface area contributed by atoms with E-state index in [-0.39, 0.29) is 5.97 Å². The molecule has 2 fully saturated rings. The molecular formula is C16H29NO2. The van der Waals surface area contributed by atoms with Gasteiger partial charge in [-0.1, -0.05) is 26.7 Å². The van der Waals surface area contributed by atoms with Gasteiger partial charge in [0.05, 0.1) is 13.7 Å². The van der Waals surface area contributed by atoms with Gasteiger partial charge in [-0.3, -0.25) is 9.69 Å². The molecule has 2 rings (SSSR count). The number of hydrogen-bond donors (Lipinski definition) is 0. The van der Waals surface area contributed by atoms with Crippen LogP contribution < -0.4 is 0 Å². The summed E-state index contributed by atoms with van der Waals surface area (Å²) in [5.41, 5.74) is 0. The van der Waals surface area contributed by atoms with Gasteiger partial charge in [0.15, 0.2) is 0 Å². The minimum Gasteiger partial charge on any atom is -0.468 e. The Morgan fingerprint density at radius 1 is 1.05 bits per heavy atom. The summed E-state index contributed by atoms with van der Waals surface area (Å²) in [5, 5.41) is 0. The molecule has 110 valence electrons. The van der Waals surface area contributed by atoms with E-state index in [0.717, 1.165) is 11.8 Å². The Labute approximate surface area is 117 Å². The second-order valence-electron chi connectivity index (χ2n) is 6.76. The van der Waals surface area contributed by atoms with Crippen molar-refractivity contribution in [3.63, 3.8) is 0 Å². The van der Waals surface area contributed by atoms with Gasteiger partial charge in [-0.15, -0.1) is 0 Å². The van der Waals surface area contributed by atoms with E-state index >= 15 is 0 Å². The lowest BCUT2D eigenvalue weighted by atomic mass is 9.79. The van der Waals surface area contributed by atoms with E-state index in [4.69, 9.17) is 4.74 Å². The molecule has 3 nitrogen and oxygen atoms in total. The SMILES string of the molecule is COC(=O)CN(C1CCCC1)C1CC(C)CC(C)C1. The van der Waals surface area contributed by atoms with Crippen LogP contribution in [0.1, 0.15) is 58.8 Å². The number of esters is 1. The number of ether oxygens (including phenoxy) is 1. The summed E-state index contributed by atoms with van der Waals surface area (Å²) < 4.78 is 4.90. The van der Waals surface area contributed by atoms with Gasteiger partial charge in [0.2, 0.25) is 0 Å². The molecule has 2 aliphatic rings. The molecule has 0 amide bonds. The lowest BCUT2D eigenvalue weighted by Crippen LogP contribution is -2.48. The van der Waals surface area contributed by atoms with Crippen LogP contribution >= 0.6 is 0 Å². The zero-order valence-electron chi connectivity index (χ0n) is 12.7. The Hall–Kier alpha value is -0.570. The third-order valence-electron chi connectivity index (χ3n) is 4.96. The molecule has 0 aliphatic heterocycles. The fourth-order valence-corrected chi connectivity index (χ4v) is 4.18. The van der Waals surface area contributed by atoms with Crippen molar-refractivity contribution in [1.29, 1.82) is 0 Å². The van der Waals surface area contributed by atoms with E-state index in [1.54, 1.807) is 0 Å². The van der Waals surface area contributed by atoms with E-state index in [2.05, 4.69) is 18.7 Å². The van der Waals surface area contributed by atoms with E-state index in [1.165, 1.54) is 52.1 Å². The summed E-state index contributed by atoms with van der Waals surface area (Å²) in [6, 6.07) is 1.20. The van der Waals surface area contributed by atoms with Crippen LogP contribution in [0.5, 0.6) is 0 Å². The molecule has 0 radical (unpaired) electrons. The van der Waals surface area contributed by atoms with Crippen molar-refractivity contribution in [1.82, 2.24) is 4.90 Å². The molecule has 3 heteroatoms. The molecule has 2 aliphatic carbocycles. The largest absolute Gasteiger partial charge is 0.468 e. The average molecular weight is 267 g/mol. The first kappa shape index (κ1) is 14.8. The van der Waals surface area contributed by atoms with Crippen LogP contribution in [0.3, 0.4) is 0 Å². The summed E-state index contributed by atoms with van der Waals surface area (Å²) in [4.78, 5) is 14.2. The maximum absolute atomic E-state index is 11.7. The number of methoxy groups -OCH3 is 1. The second kappa shape index (κ2) is 6.74. The van der Waals surface area contributed by atoms with Crippen LogP contribution in [-0.4, -0.2) is 36.6 Å². The van der Waals surface area contributed by atoms with Gasteiger partial charge in [0.1, 0.15) is 0 Å². The minimum absolute atomic E-state index is 0.0715. The Morgan fingerprint density at radius 2 is 1.63 bits per heavy atom. The molecular weight excluding hydrogens is 238 g/mol. The van der Waals surface area contributed by atoms with Crippen molar-refractivity contribution in [2.75, 3.05) is 13.7 Å². The Bertz CT molecular complexity index is 289. The third kappa shape index (κ3) is 3.95. The standard InChI is InChI=1S/C16H29NO2/c1-12-8-13(2)10-15(9-12)17(11-16(18)19-3)14-6-4-5-7-14/h12-15H,4-11H2,1-3H3. The van der Waals surface area contributed by atoms with Crippen molar-refractivity contribution >= 4 is 5.97 Å². The second-order valence-corrected chi connectivity index (χ2v) is 6.76. The normalized spacial score (nSPS) is 32.7. The number of rotatable bonds is 4. The molecule has 0 aromatic rings. The van der Waals surface area contributed by atoms with Crippen molar-refractivity contribution in [2.45, 2.75) is 70.9 Å². The maximum Gasteiger partial charge on any atom is 0.319 e. The van der Waals surface area contributed by atoms with Gasteiger partial charge in [-0.2, -0.15) is 0 Å². The third-order valence-corrected chi connectivity index (χ3v) is 4.96. The lowest BCUT2D eigenvalue weighted by molar-refractivity contribution is -0.143. The zero-order valence-corrected chi connectivity index (χ0v) is 12.7. The average Bonchev–Trinajstić information content (AvgIpc) is 2.87. The van der Waals surface area contributed by atoms with Crippen LogP contribution in [0.4, 0.5) is 0 Å². The van der Waals surface area contributed by atoms with Gasteiger partial charge in [0.25, 0.3) is 0 Å². The topological polar surface area (TPSA) is 29.5 Å². The first-order valence-electron chi connectivity index (χ1n) is 7.92. The predicted molar refractivity (Wildman–Crippen MR) is 76.9 cm³/mol. The van der Waals surface area contributed by atoms with Gasteiger partial charge in [-0.25, -0.2) is 0 Å². The molecule has 2 unspecified atom stereocenters. The zero-order chi connectivity index (χ0) is 13.8. The van der Waals surface area contributed by atoms with Crippen molar-refractivity contribution in [2.24, 2.45) is 11.8 Å². The molecule has 0 aromatic heterocycles. The number of nitrogens with zero attached hydrogens (tertiary/aromatic N) is 1. The quantitative estimate of drug-likeness (QED) is 0.732. The Balaban J connectivity index is 2.04. The summed E-state index contributed by atoms with van der Waals surface area (Å²) in [5.74, 6) is 1.50. The molecule has 0 spiro atoms. The van der Waals surface area contributed by atoms with Crippen molar-refractivity contribution in [3.05, 3.63) is 0 Å². The fraction of sp³-hybridized carbons (Fsp3) is 0.938. The molecule has 2 saturated carbocycles. The van der Waals surface area contributed by atoms with E-state index < -0.39 is 0 Å². The number of hydrogen-bond acceptors (Lipinski definition) is 3. The van der Waals surface area contributed by atoms with Crippen molar-refractivity contribution in [3.8, 4) is 0 Å². The molecule has 2 atom stereocenters. The highest BCUT2D eigenvalue weighted by Gasteiger charge is 2.34. The minimum atomic E-state index is -0.0715. The van der Waals surface area contributed by atoms with Crippen LogP contribution in [0, 0.1) is 11.8 Å². The molecule has 0 bridgehead atoms. The molecule has 0 aromatic carbocycles. The molecule has 0 saturated heterocycles. The monoisotopic (exact) mass is 267 g/mol.